The van der Waals surface area contributed by atoms with E-state index < -0.39 is 0 Å². The van der Waals surface area contributed by atoms with Crippen LogP contribution >= 0.6 is 0 Å². The van der Waals surface area contributed by atoms with Crippen LogP contribution in [0.4, 0.5) is 0 Å². The first kappa shape index (κ1) is 23.0. The fourth-order valence-corrected chi connectivity index (χ4v) is 6.19. The molecule has 0 aromatic rings. The molecule has 0 aromatic carbocycles. The second-order valence-corrected chi connectivity index (χ2v) is 10.7. The highest BCUT2D eigenvalue weighted by Crippen LogP contribution is 2.33. The zero-order chi connectivity index (χ0) is 20.8. The zero-order valence-corrected chi connectivity index (χ0v) is 19.6. The molecule has 0 spiro atoms. The maximum atomic E-state index is 6.52. The standard InChI is InChI=1S/C26H46O4/c1-19-3-5-21(6-4-19)28-23-11-13-25(14-12-23)30-26-17-15-24(16-18-26)29-22-9-7-20(27-2)8-10-22/h19-26H,3-18H2,1-2H3. The smallest absolute Gasteiger partial charge is 0.0580 e. The molecular weight excluding hydrogens is 376 g/mol. The fraction of sp³-hybridized carbons (Fsp3) is 1.00. The van der Waals surface area contributed by atoms with E-state index >= 15 is 0 Å². The quantitative estimate of drug-likeness (QED) is 0.490. The van der Waals surface area contributed by atoms with E-state index in [0.29, 0.717) is 42.7 Å². The van der Waals surface area contributed by atoms with Crippen LogP contribution in [0.15, 0.2) is 0 Å². The van der Waals surface area contributed by atoms with Crippen LogP contribution in [0.25, 0.3) is 0 Å². The van der Waals surface area contributed by atoms with Crippen molar-refractivity contribution in [3.63, 3.8) is 0 Å². The Bertz CT molecular complexity index is 465. The van der Waals surface area contributed by atoms with Gasteiger partial charge in [-0.15, -0.1) is 0 Å². The summed E-state index contributed by atoms with van der Waals surface area (Å²) in [5, 5.41) is 0. The van der Waals surface area contributed by atoms with Crippen LogP contribution in [0.5, 0.6) is 0 Å². The minimum Gasteiger partial charge on any atom is -0.381 e. The van der Waals surface area contributed by atoms with Crippen molar-refractivity contribution in [1.82, 2.24) is 0 Å². The summed E-state index contributed by atoms with van der Waals surface area (Å²) in [5.74, 6) is 0.903. The van der Waals surface area contributed by atoms with Gasteiger partial charge >= 0.3 is 0 Å². The predicted molar refractivity (Wildman–Crippen MR) is 120 cm³/mol. The van der Waals surface area contributed by atoms with Crippen LogP contribution in [-0.4, -0.2) is 49.8 Å². The molecule has 4 fully saturated rings. The van der Waals surface area contributed by atoms with Crippen molar-refractivity contribution in [2.24, 2.45) is 5.92 Å². The summed E-state index contributed by atoms with van der Waals surface area (Å²) >= 11 is 0. The lowest BCUT2D eigenvalue weighted by molar-refractivity contribution is -0.113. The van der Waals surface area contributed by atoms with Gasteiger partial charge in [0.2, 0.25) is 0 Å². The van der Waals surface area contributed by atoms with E-state index in [9.17, 15) is 0 Å². The van der Waals surface area contributed by atoms with Crippen LogP contribution in [0.3, 0.4) is 0 Å². The van der Waals surface area contributed by atoms with Gasteiger partial charge in [-0.1, -0.05) is 6.92 Å². The Hall–Kier alpha value is -0.160. The van der Waals surface area contributed by atoms with Crippen LogP contribution < -0.4 is 0 Å². The minimum atomic E-state index is 0.455. The second-order valence-electron chi connectivity index (χ2n) is 10.7. The Morgan fingerprint density at radius 3 is 0.867 bits per heavy atom. The summed E-state index contributed by atoms with van der Waals surface area (Å²) in [6, 6.07) is 0. The first-order valence-electron chi connectivity index (χ1n) is 13.2. The molecule has 0 aromatic heterocycles. The summed E-state index contributed by atoms with van der Waals surface area (Å²) in [7, 11) is 1.84. The van der Waals surface area contributed by atoms with E-state index in [1.807, 2.05) is 7.11 Å². The molecule has 0 bridgehead atoms. The van der Waals surface area contributed by atoms with Crippen LogP contribution in [-0.2, 0) is 18.9 Å². The maximum Gasteiger partial charge on any atom is 0.0580 e. The molecule has 0 unspecified atom stereocenters. The molecule has 4 rings (SSSR count). The van der Waals surface area contributed by atoms with Crippen molar-refractivity contribution in [2.75, 3.05) is 7.11 Å². The van der Waals surface area contributed by atoms with E-state index in [0.717, 1.165) is 18.8 Å². The van der Waals surface area contributed by atoms with E-state index in [2.05, 4.69) is 6.92 Å². The fourth-order valence-electron chi connectivity index (χ4n) is 6.19. The number of rotatable bonds is 7. The summed E-state index contributed by atoms with van der Waals surface area (Å²) < 4.78 is 24.9. The highest BCUT2D eigenvalue weighted by molar-refractivity contribution is 4.81. The lowest BCUT2D eigenvalue weighted by atomic mass is 9.88. The molecule has 0 saturated heterocycles. The highest BCUT2D eigenvalue weighted by atomic mass is 16.5. The van der Waals surface area contributed by atoms with Crippen molar-refractivity contribution in [3.8, 4) is 0 Å². The molecule has 4 aliphatic rings. The number of ether oxygens (including phenoxy) is 4. The monoisotopic (exact) mass is 422 g/mol. The van der Waals surface area contributed by atoms with Crippen molar-refractivity contribution in [1.29, 1.82) is 0 Å². The van der Waals surface area contributed by atoms with Crippen LogP contribution in [0.1, 0.15) is 110 Å². The molecule has 4 heteroatoms. The third-order valence-corrected chi connectivity index (χ3v) is 8.31. The third kappa shape index (κ3) is 6.92. The van der Waals surface area contributed by atoms with Crippen molar-refractivity contribution >= 4 is 0 Å². The molecule has 174 valence electrons. The Kier molecular flexibility index (Phi) is 8.92. The topological polar surface area (TPSA) is 36.9 Å². The van der Waals surface area contributed by atoms with Gasteiger partial charge in [-0.2, -0.15) is 0 Å². The second kappa shape index (κ2) is 11.6. The van der Waals surface area contributed by atoms with Gasteiger partial charge in [-0.05, 0) is 109 Å². The highest BCUT2D eigenvalue weighted by Gasteiger charge is 2.31. The number of hydrogen-bond donors (Lipinski definition) is 0. The molecule has 30 heavy (non-hydrogen) atoms. The van der Waals surface area contributed by atoms with Gasteiger partial charge in [0.15, 0.2) is 0 Å². The molecule has 4 saturated carbocycles. The van der Waals surface area contributed by atoms with E-state index in [4.69, 9.17) is 18.9 Å². The Morgan fingerprint density at radius 1 is 0.367 bits per heavy atom. The van der Waals surface area contributed by atoms with Gasteiger partial charge in [-0.3, -0.25) is 0 Å². The van der Waals surface area contributed by atoms with Crippen molar-refractivity contribution < 1.29 is 18.9 Å². The van der Waals surface area contributed by atoms with Gasteiger partial charge in [0.25, 0.3) is 0 Å². The molecule has 4 nitrogen and oxygen atoms in total. The third-order valence-electron chi connectivity index (χ3n) is 8.31. The van der Waals surface area contributed by atoms with Gasteiger partial charge in [0.05, 0.1) is 42.7 Å². The normalized spacial score (nSPS) is 43.4. The molecule has 0 amide bonds. The van der Waals surface area contributed by atoms with E-state index in [1.165, 1.54) is 89.9 Å². The maximum absolute atomic E-state index is 6.52. The first-order valence-corrected chi connectivity index (χ1v) is 13.2. The largest absolute Gasteiger partial charge is 0.381 e. The average molecular weight is 423 g/mol. The number of methoxy groups -OCH3 is 1. The van der Waals surface area contributed by atoms with E-state index in [1.54, 1.807) is 0 Å². The van der Waals surface area contributed by atoms with E-state index in [-0.39, 0.29) is 0 Å². The van der Waals surface area contributed by atoms with Gasteiger partial charge in [-0.25, -0.2) is 0 Å². The predicted octanol–water partition coefficient (Wildman–Crippen LogP) is 6.19. The zero-order valence-electron chi connectivity index (χ0n) is 19.6. The van der Waals surface area contributed by atoms with Crippen molar-refractivity contribution in [3.05, 3.63) is 0 Å². The summed E-state index contributed by atoms with van der Waals surface area (Å²) in [6.45, 7) is 2.38. The van der Waals surface area contributed by atoms with Crippen LogP contribution in [0, 0.1) is 5.92 Å². The molecule has 0 N–H and O–H groups in total. The molecule has 0 heterocycles. The molecule has 0 aliphatic heterocycles. The summed E-state index contributed by atoms with van der Waals surface area (Å²) in [6.07, 6.45) is 22.7. The summed E-state index contributed by atoms with van der Waals surface area (Å²) in [5.41, 5.74) is 0. The van der Waals surface area contributed by atoms with Crippen LogP contribution in [0.2, 0.25) is 0 Å². The van der Waals surface area contributed by atoms with Gasteiger partial charge < -0.3 is 18.9 Å². The first-order chi connectivity index (χ1) is 14.7. The number of hydrogen-bond acceptors (Lipinski definition) is 4. The lowest BCUT2D eigenvalue weighted by Gasteiger charge is -2.37. The molecule has 0 atom stereocenters. The summed E-state index contributed by atoms with van der Waals surface area (Å²) in [4.78, 5) is 0. The Morgan fingerprint density at radius 2 is 0.600 bits per heavy atom. The van der Waals surface area contributed by atoms with Gasteiger partial charge in [0.1, 0.15) is 0 Å². The molecule has 4 aliphatic carbocycles. The Labute approximate surface area is 184 Å². The minimum absolute atomic E-state index is 0.455. The average Bonchev–Trinajstić information content (AvgIpc) is 2.78. The van der Waals surface area contributed by atoms with Crippen molar-refractivity contribution in [2.45, 2.75) is 152 Å². The lowest BCUT2D eigenvalue weighted by Crippen LogP contribution is -2.36. The Balaban J connectivity index is 1.07. The van der Waals surface area contributed by atoms with Gasteiger partial charge in [0, 0.05) is 7.11 Å². The SMILES string of the molecule is COC1CCC(OC2CCC(OC3CCC(OC4CCC(C)CC4)CC3)CC2)CC1. The molecular formula is C26H46O4. The molecule has 0 radical (unpaired) electrons.